The molecule has 2 saturated carbocycles. The van der Waals surface area contributed by atoms with Crippen molar-refractivity contribution in [2.24, 2.45) is 0 Å². The predicted molar refractivity (Wildman–Crippen MR) is 77.6 cm³/mol. The third-order valence-corrected chi connectivity index (χ3v) is 3.71. The Kier molecular flexibility index (Phi) is 9.30. The summed E-state index contributed by atoms with van der Waals surface area (Å²) in [7, 11) is 0. The van der Waals surface area contributed by atoms with Gasteiger partial charge in [-0.15, -0.1) is 0 Å². The third-order valence-electron chi connectivity index (χ3n) is 3.71. The molecule has 2 aliphatic rings. The van der Waals surface area contributed by atoms with E-state index in [-0.39, 0.29) is 40.2 Å². The topological polar surface area (TPSA) is 74.6 Å². The van der Waals surface area contributed by atoms with Gasteiger partial charge in [-0.25, -0.2) is 0 Å². The third kappa shape index (κ3) is 6.49. The fraction of sp³-hybridized carbons (Fsp3) is 0.625. The van der Waals surface area contributed by atoms with Crippen LogP contribution >= 0.6 is 0 Å². The van der Waals surface area contributed by atoms with Gasteiger partial charge in [-0.1, -0.05) is 0 Å². The molecule has 0 bridgehead atoms. The number of carbonyl (C=O) groups is 2. The van der Waals surface area contributed by atoms with Crippen LogP contribution in [0.4, 0.5) is 0 Å². The van der Waals surface area contributed by atoms with Crippen LogP contribution in [0.15, 0.2) is 22.7 Å². The molecule has 4 nitrogen and oxygen atoms in total. The van der Waals surface area contributed by atoms with E-state index in [0.29, 0.717) is 24.0 Å². The van der Waals surface area contributed by atoms with E-state index in [1.54, 1.807) is 13.8 Å². The van der Waals surface area contributed by atoms with Crippen molar-refractivity contribution in [1.82, 2.24) is 0 Å². The van der Waals surface area contributed by atoms with E-state index < -0.39 is 0 Å². The van der Waals surface area contributed by atoms with Crippen molar-refractivity contribution in [3.8, 4) is 0 Å². The van der Waals surface area contributed by atoms with Crippen LogP contribution in [-0.2, 0) is 26.7 Å². The maximum Gasteiger partial charge on any atom is 0.162 e. The van der Waals surface area contributed by atoms with E-state index >= 15 is 0 Å². The van der Waals surface area contributed by atoms with Crippen LogP contribution in [-0.4, -0.2) is 21.8 Å². The van der Waals surface area contributed by atoms with Gasteiger partial charge in [0.1, 0.15) is 0 Å². The van der Waals surface area contributed by atoms with Gasteiger partial charge < -0.3 is 10.2 Å². The smallest absolute Gasteiger partial charge is 0.162 e. The number of rotatable bonds is 0. The molecule has 0 aromatic carbocycles. The molecule has 0 atom stereocenters. The van der Waals surface area contributed by atoms with E-state index in [0.717, 1.165) is 38.5 Å². The Morgan fingerprint density at radius 1 is 0.714 bits per heavy atom. The Hall–Kier alpha value is -1.06. The Labute approximate surface area is 136 Å². The van der Waals surface area contributed by atoms with Crippen LogP contribution in [0.2, 0.25) is 0 Å². The van der Waals surface area contributed by atoms with Crippen molar-refractivity contribution in [2.75, 3.05) is 0 Å². The second kappa shape index (κ2) is 9.80. The van der Waals surface area contributed by atoms with Gasteiger partial charge in [0.05, 0.1) is 11.5 Å². The number of hydrogen-bond donors (Lipinski definition) is 2. The zero-order valence-corrected chi connectivity index (χ0v) is 13.6. The van der Waals surface area contributed by atoms with Crippen molar-refractivity contribution >= 4 is 11.6 Å². The number of carbonyl (C=O) groups excluding carboxylic acids is 2. The molecule has 0 aliphatic heterocycles. The van der Waals surface area contributed by atoms with Gasteiger partial charge in [0, 0.05) is 41.1 Å². The zero-order valence-electron chi connectivity index (χ0n) is 12.7. The van der Waals surface area contributed by atoms with Crippen LogP contribution in [0.25, 0.3) is 0 Å². The van der Waals surface area contributed by atoms with E-state index in [2.05, 4.69) is 0 Å². The minimum Gasteiger partial charge on any atom is -0.512 e. The normalized spacial score (nSPS) is 23.5. The molecule has 0 saturated heterocycles. The Balaban J connectivity index is 0.000000364. The number of hydrogen-bond acceptors (Lipinski definition) is 4. The first-order valence-electron chi connectivity index (χ1n) is 7.27. The van der Waals surface area contributed by atoms with Crippen molar-refractivity contribution in [3.05, 3.63) is 22.7 Å². The number of Topliss-reactive ketones (excluding diaryl/α,β-unsaturated/α-hetero) is 2. The summed E-state index contributed by atoms with van der Waals surface area (Å²) in [5.41, 5.74) is 1.29. The molecule has 2 N–H and O–H groups in total. The average molecular weight is 344 g/mol. The Morgan fingerprint density at radius 3 is 1.19 bits per heavy atom. The minimum absolute atomic E-state index is 0. The Morgan fingerprint density at radius 2 is 1.00 bits per heavy atom. The molecule has 2 fully saturated rings. The van der Waals surface area contributed by atoms with E-state index in [4.69, 9.17) is 10.2 Å². The van der Waals surface area contributed by atoms with Crippen LogP contribution in [0.3, 0.4) is 0 Å². The maximum absolute atomic E-state index is 11.0. The molecular weight excluding hydrogens is 320 g/mol. The molecule has 123 valence electrons. The molecule has 0 amide bonds. The first kappa shape index (κ1) is 19.9. The number of aliphatic hydroxyl groups is 2. The molecule has 2 rings (SSSR count). The van der Waals surface area contributed by atoms with Crippen LogP contribution in [0.5, 0.6) is 0 Å². The fourth-order valence-corrected chi connectivity index (χ4v) is 2.52. The SMILES string of the molecule is C/C(O)=C1\CCCCC1=O.C/C(O)=C1\CCCCC1=O.[Cu]. The van der Waals surface area contributed by atoms with Gasteiger partial charge >= 0.3 is 0 Å². The van der Waals surface area contributed by atoms with Gasteiger partial charge in [-0.2, -0.15) is 0 Å². The molecular formula is C16H24CuO4. The first-order valence-corrected chi connectivity index (χ1v) is 7.27. The molecule has 1 radical (unpaired) electrons. The van der Waals surface area contributed by atoms with Crippen molar-refractivity contribution in [1.29, 1.82) is 0 Å². The predicted octanol–water partition coefficient (Wildman–Crippen LogP) is 3.92. The van der Waals surface area contributed by atoms with Gasteiger partial charge in [0.15, 0.2) is 11.6 Å². The molecule has 5 heteroatoms. The van der Waals surface area contributed by atoms with Gasteiger partial charge in [-0.05, 0) is 52.4 Å². The van der Waals surface area contributed by atoms with Crippen LogP contribution < -0.4 is 0 Å². The zero-order chi connectivity index (χ0) is 15.1. The second-order valence-corrected chi connectivity index (χ2v) is 5.39. The summed E-state index contributed by atoms with van der Waals surface area (Å²) in [5.74, 6) is 0.687. The molecule has 2 aliphatic carbocycles. The van der Waals surface area contributed by atoms with E-state index in [9.17, 15) is 9.59 Å². The second-order valence-electron chi connectivity index (χ2n) is 5.39. The van der Waals surface area contributed by atoms with Crippen LogP contribution in [0.1, 0.15) is 65.2 Å². The fourth-order valence-electron chi connectivity index (χ4n) is 2.52. The van der Waals surface area contributed by atoms with Gasteiger partial charge in [0.2, 0.25) is 0 Å². The van der Waals surface area contributed by atoms with Gasteiger partial charge in [0.25, 0.3) is 0 Å². The number of allylic oxidation sites excluding steroid dienone is 4. The summed E-state index contributed by atoms with van der Waals surface area (Å²) in [6.45, 7) is 3.16. The molecule has 0 spiro atoms. The largest absolute Gasteiger partial charge is 0.512 e. The average Bonchev–Trinajstić information content (AvgIpc) is 2.40. The molecule has 0 aromatic heterocycles. The maximum atomic E-state index is 11.0. The minimum atomic E-state index is 0. The quantitative estimate of drug-likeness (QED) is 0.397. The summed E-state index contributed by atoms with van der Waals surface area (Å²) < 4.78 is 0. The summed E-state index contributed by atoms with van der Waals surface area (Å²) in [6, 6.07) is 0. The summed E-state index contributed by atoms with van der Waals surface area (Å²) in [6.07, 6.45) is 6.81. The summed E-state index contributed by atoms with van der Waals surface area (Å²) in [4.78, 5) is 22.0. The van der Waals surface area contributed by atoms with Crippen molar-refractivity contribution in [3.63, 3.8) is 0 Å². The molecule has 0 heterocycles. The van der Waals surface area contributed by atoms with Crippen molar-refractivity contribution in [2.45, 2.75) is 65.2 Å². The Bertz CT molecular complexity index is 399. The standard InChI is InChI=1S/2C8H12O2.Cu/c2*1-6(9)7-4-2-3-5-8(7)10;/h2*9H,2-5H2,1H3;/b2*7-6-;. The van der Waals surface area contributed by atoms with Gasteiger partial charge in [-0.3, -0.25) is 9.59 Å². The van der Waals surface area contributed by atoms with E-state index in [1.165, 1.54) is 0 Å². The molecule has 0 unspecified atom stereocenters. The first-order chi connectivity index (χ1) is 9.43. The summed E-state index contributed by atoms with van der Waals surface area (Å²) in [5, 5.41) is 18.0. The van der Waals surface area contributed by atoms with Crippen molar-refractivity contribution < 1.29 is 36.9 Å². The van der Waals surface area contributed by atoms with E-state index in [1.807, 2.05) is 0 Å². The number of ketones is 2. The van der Waals surface area contributed by atoms with Crippen LogP contribution in [0, 0.1) is 0 Å². The summed E-state index contributed by atoms with van der Waals surface area (Å²) >= 11 is 0. The number of aliphatic hydroxyl groups excluding tert-OH is 2. The molecule has 0 aromatic rings. The molecule has 21 heavy (non-hydrogen) atoms. The monoisotopic (exact) mass is 343 g/mol.